The molecule has 1 heterocycles. The highest BCUT2D eigenvalue weighted by Crippen LogP contribution is 2.43. The summed E-state index contributed by atoms with van der Waals surface area (Å²) in [6, 6.07) is 71.1. The lowest BCUT2D eigenvalue weighted by molar-refractivity contribution is 0.876. The van der Waals surface area contributed by atoms with Gasteiger partial charge in [0.2, 0.25) is 0 Å². The lowest BCUT2D eigenvalue weighted by Crippen LogP contribution is -2.04. The molecule has 0 bridgehead atoms. The zero-order valence-electron chi connectivity index (χ0n) is 38.5. The fourth-order valence-electron chi connectivity index (χ4n) is 11.3. The van der Waals surface area contributed by atoms with E-state index >= 15 is 0 Å². The van der Waals surface area contributed by atoms with Crippen LogP contribution in [-0.2, 0) is 6.42 Å². The molecule has 0 unspecified atom stereocenters. The van der Waals surface area contributed by atoms with Gasteiger partial charge in [-0.15, -0.1) is 0 Å². The van der Waals surface area contributed by atoms with Crippen molar-refractivity contribution in [3.63, 3.8) is 0 Å². The molecule has 328 valence electrons. The summed E-state index contributed by atoms with van der Waals surface area (Å²) in [6.45, 7) is 0. The first kappa shape index (κ1) is 40.3. The van der Waals surface area contributed by atoms with E-state index in [9.17, 15) is 0 Å². The van der Waals surface area contributed by atoms with Gasteiger partial charge in [-0.3, -0.25) is 0 Å². The number of nitrogens with zero attached hydrogens (tertiary/aromatic N) is 3. The maximum absolute atomic E-state index is 5.43. The number of hydrogen-bond acceptors (Lipinski definition) is 3. The number of hydrogen-bond donors (Lipinski definition) is 0. The average molecular weight is 892 g/mol. The van der Waals surface area contributed by atoms with Crippen LogP contribution in [0.2, 0.25) is 0 Å². The van der Waals surface area contributed by atoms with Crippen LogP contribution in [0.5, 0.6) is 0 Å². The summed E-state index contributed by atoms with van der Waals surface area (Å²) in [4.78, 5) is 16.1. The van der Waals surface area contributed by atoms with Crippen LogP contribution in [0.15, 0.2) is 218 Å². The van der Waals surface area contributed by atoms with Crippen LogP contribution < -0.4 is 5.22 Å². The van der Waals surface area contributed by atoms with Crippen LogP contribution in [0, 0.1) is 0 Å². The number of benzene rings is 11. The molecule has 14 rings (SSSR count). The largest absolute Gasteiger partial charge is 0.208 e. The van der Waals surface area contributed by atoms with Gasteiger partial charge in [-0.2, -0.15) is 0 Å². The second-order valence-electron chi connectivity index (χ2n) is 18.9. The van der Waals surface area contributed by atoms with E-state index in [2.05, 4.69) is 225 Å². The summed E-state index contributed by atoms with van der Waals surface area (Å²) >= 11 is 0. The molecular formula is C67H45N3. The van der Waals surface area contributed by atoms with E-state index in [1.807, 2.05) is 0 Å². The van der Waals surface area contributed by atoms with Crippen molar-refractivity contribution in [1.82, 2.24) is 15.0 Å². The minimum absolute atomic E-state index is 0.628. The zero-order valence-corrected chi connectivity index (χ0v) is 38.5. The van der Waals surface area contributed by atoms with Gasteiger partial charge in [0.1, 0.15) is 0 Å². The fraction of sp³-hybridized carbons (Fsp3) is 0.0597. The molecule has 11 aromatic carbocycles. The molecule has 1 aromatic heterocycles. The number of aryl methyl sites for hydroxylation is 1. The van der Waals surface area contributed by atoms with Gasteiger partial charge in [-0.25, -0.2) is 15.0 Å². The van der Waals surface area contributed by atoms with Crippen LogP contribution >= 0.6 is 0 Å². The number of allylic oxidation sites excluding steroid dienone is 6. The van der Waals surface area contributed by atoms with Crippen LogP contribution in [0.4, 0.5) is 0 Å². The molecule has 0 saturated heterocycles. The molecule has 0 saturated carbocycles. The Morgan fingerprint density at radius 3 is 1.66 bits per heavy atom. The first-order chi connectivity index (χ1) is 34.7. The lowest BCUT2D eigenvalue weighted by Gasteiger charge is -2.18. The van der Waals surface area contributed by atoms with Crippen LogP contribution in [0.25, 0.3) is 127 Å². The van der Waals surface area contributed by atoms with Crippen molar-refractivity contribution in [1.29, 1.82) is 0 Å². The third kappa shape index (κ3) is 6.84. The van der Waals surface area contributed by atoms with Crippen molar-refractivity contribution in [2.24, 2.45) is 0 Å². The molecule has 12 aromatic rings. The zero-order chi connectivity index (χ0) is 46.1. The minimum Gasteiger partial charge on any atom is -0.208 e. The van der Waals surface area contributed by atoms with Crippen molar-refractivity contribution in [3.05, 3.63) is 241 Å². The molecule has 2 aliphatic rings. The molecule has 3 heteroatoms. The third-order valence-corrected chi connectivity index (χ3v) is 14.8. The summed E-state index contributed by atoms with van der Waals surface area (Å²) in [6.07, 6.45) is 15.4. The van der Waals surface area contributed by atoms with Crippen LogP contribution in [0.3, 0.4) is 0 Å². The molecule has 0 fully saturated rings. The van der Waals surface area contributed by atoms with Gasteiger partial charge >= 0.3 is 0 Å². The summed E-state index contributed by atoms with van der Waals surface area (Å²) in [7, 11) is 0. The Kier molecular flexibility index (Phi) is 9.48. The lowest BCUT2D eigenvalue weighted by atomic mass is 9.86. The predicted molar refractivity (Wildman–Crippen MR) is 294 cm³/mol. The molecule has 70 heavy (non-hydrogen) atoms. The third-order valence-electron chi connectivity index (χ3n) is 14.8. The Morgan fingerprint density at radius 1 is 0.371 bits per heavy atom. The van der Waals surface area contributed by atoms with Crippen molar-refractivity contribution >= 4 is 71.1 Å². The first-order valence-corrected chi connectivity index (χ1v) is 24.5. The van der Waals surface area contributed by atoms with E-state index in [1.54, 1.807) is 0 Å². The normalized spacial score (nSPS) is 13.7. The molecule has 3 nitrogen and oxygen atoms in total. The van der Waals surface area contributed by atoms with E-state index in [4.69, 9.17) is 15.0 Å². The van der Waals surface area contributed by atoms with Crippen molar-refractivity contribution < 1.29 is 0 Å². The van der Waals surface area contributed by atoms with Crippen molar-refractivity contribution in [2.45, 2.75) is 25.7 Å². The molecular weight excluding hydrogens is 847 g/mol. The number of aromatic nitrogens is 3. The second-order valence-corrected chi connectivity index (χ2v) is 18.9. The maximum atomic E-state index is 5.43. The van der Waals surface area contributed by atoms with Gasteiger partial charge < -0.3 is 0 Å². The molecule has 0 atom stereocenters. The van der Waals surface area contributed by atoms with Gasteiger partial charge in [0.05, 0.1) is 0 Å². The second kappa shape index (κ2) is 16.5. The van der Waals surface area contributed by atoms with Gasteiger partial charge in [-0.05, 0) is 153 Å². The standard InChI is InChI=1S/C67H45N3/c1-3-11-42(12-4-1)44-17-9-20-52(28-21-44)65-68-66(53-29-22-45(23-30-53)43-13-5-2-6-14-43)70-67(69-65)56-40-54(57-35-31-50-26-24-46-15-7-8-16-47-33-37-59(57)63(50)61(46)47)39-55(41-56)58-36-32-51-27-25-48-18-10-19-49-34-38-60(58)64(51)62(48)49/h1-6,9-15,18-41H,7-8,16-17H2. The SMILES string of the molecule is C1=CC(c2nc(-c3ccc(-c4ccccc4)cc3)nc(-c3cc(-c4ccc5ccc6c7c(ccc4c57)CCCC=6)cc(-c4ccc5ccc6cccc7ccc4c5c67)c3)n2)=CC=C(c2ccccc2)C1. The highest BCUT2D eigenvalue weighted by atomic mass is 15.0. The van der Waals surface area contributed by atoms with E-state index in [0.717, 1.165) is 52.7 Å². The van der Waals surface area contributed by atoms with E-state index in [1.165, 1.54) is 98.9 Å². The Hall–Kier alpha value is -8.79. The molecule has 0 amide bonds. The first-order valence-electron chi connectivity index (χ1n) is 24.5. The Bertz CT molecular complexity index is 4180. The van der Waals surface area contributed by atoms with Crippen molar-refractivity contribution in [2.75, 3.05) is 0 Å². The monoisotopic (exact) mass is 891 g/mol. The number of rotatable bonds is 7. The van der Waals surface area contributed by atoms with E-state index in [0.29, 0.717) is 17.5 Å². The molecule has 2 aliphatic carbocycles. The summed E-state index contributed by atoms with van der Waals surface area (Å²) in [5, 5.41) is 14.2. The average Bonchev–Trinajstić information content (AvgIpc) is 3.82. The molecule has 0 radical (unpaired) electrons. The molecule has 0 aliphatic heterocycles. The predicted octanol–water partition coefficient (Wildman–Crippen LogP) is 16.7. The maximum Gasteiger partial charge on any atom is 0.164 e. The Labute approximate surface area is 406 Å². The Morgan fingerprint density at radius 2 is 0.929 bits per heavy atom. The molecule has 0 spiro atoms. The van der Waals surface area contributed by atoms with Crippen LogP contribution in [0.1, 0.15) is 36.2 Å². The summed E-state index contributed by atoms with van der Waals surface area (Å²) < 4.78 is 0. The topological polar surface area (TPSA) is 38.7 Å². The van der Waals surface area contributed by atoms with Gasteiger partial charge in [0.25, 0.3) is 0 Å². The Balaban J connectivity index is 1.01. The van der Waals surface area contributed by atoms with Crippen LogP contribution in [-0.4, -0.2) is 15.0 Å². The van der Waals surface area contributed by atoms with E-state index in [-0.39, 0.29) is 0 Å². The van der Waals surface area contributed by atoms with Crippen molar-refractivity contribution in [3.8, 4) is 56.2 Å². The van der Waals surface area contributed by atoms with Gasteiger partial charge in [0, 0.05) is 16.7 Å². The fourth-order valence-corrected chi connectivity index (χ4v) is 11.3. The highest BCUT2D eigenvalue weighted by molar-refractivity contribution is 6.25. The highest BCUT2D eigenvalue weighted by Gasteiger charge is 2.20. The smallest absolute Gasteiger partial charge is 0.164 e. The van der Waals surface area contributed by atoms with Gasteiger partial charge in [0.15, 0.2) is 17.5 Å². The summed E-state index contributed by atoms with van der Waals surface area (Å²) in [5.74, 6) is 1.89. The molecule has 0 N–H and O–H groups in total. The quantitative estimate of drug-likeness (QED) is 0.150. The summed E-state index contributed by atoms with van der Waals surface area (Å²) in [5.41, 5.74) is 13.6. The van der Waals surface area contributed by atoms with Gasteiger partial charge in [-0.1, -0.05) is 206 Å². The minimum atomic E-state index is 0.628. The van der Waals surface area contributed by atoms with E-state index < -0.39 is 0 Å².